The average molecular weight is 342 g/mol. The lowest BCUT2D eigenvalue weighted by molar-refractivity contribution is 0.102. The molecule has 24 heavy (non-hydrogen) atoms. The molecule has 0 aliphatic heterocycles. The van der Waals surface area contributed by atoms with Gasteiger partial charge in [-0.3, -0.25) is 10.1 Å². The van der Waals surface area contributed by atoms with E-state index in [-0.39, 0.29) is 11.6 Å². The number of nitrogens with zero attached hydrogens (tertiary/aromatic N) is 3. The molecule has 0 unspecified atom stereocenters. The summed E-state index contributed by atoms with van der Waals surface area (Å²) in [6.45, 7) is 6.27. The third kappa shape index (κ3) is 3.30. The van der Waals surface area contributed by atoms with Gasteiger partial charge >= 0.3 is 0 Å². The van der Waals surface area contributed by atoms with Gasteiger partial charge in [-0.1, -0.05) is 18.2 Å². The number of hydrogen-bond acceptors (Lipinski definition) is 5. The molecule has 0 spiro atoms. The minimum Gasteiger partial charge on any atom is -0.478 e. The summed E-state index contributed by atoms with van der Waals surface area (Å²) in [5.74, 6) is 0.222. The molecule has 0 bridgehead atoms. The zero-order valence-corrected chi connectivity index (χ0v) is 14.6. The van der Waals surface area contributed by atoms with E-state index in [0.29, 0.717) is 17.6 Å². The second-order valence-electron chi connectivity index (χ2n) is 5.16. The third-order valence-electron chi connectivity index (χ3n) is 3.45. The van der Waals surface area contributed by atoms with E-state index in [4.69, 9.17) is 4.74 Å². The van der Waals surface area contributed by atoms with E-state index in [1.807, 2.05) is 51.1 Å². The van der Waals surface area contributed by atoms with Crippen molar-refractivity contribution in [2.45, 2.75) is 20.8 Å². The van der Waals surface area contributed by atoms with Crippen molar-refractivity contribution in [1.82, 2.24) is 14.8 Å². The molecule has 6 nitrogen and oxygen atoms in total. The topological polar surface area (TPSA) is 69.0 Å². The molecule has 0 saturated carbocycles. The molecule has 2 aromatic heterocycles. The predicted octanol–water partition coefficient (Wildman–Crippen LogP) is 3.60. The summed E-state index contributed by atoms with van der Waals surface area (Å²) in [7, 11) is 0. The molecule has 124 valence electrons. The standard InChI is InChI=1S/C17H18N4O2S/c1-4-23-15-10-14(20-21(15)13-8-6-5-7-9-13)16(22)19-17-18-11(2)12(3)24-17/h5-10H,4H2,1-3H3,(H,18,19,22). The summed E-state index contributed by atoms with van der Waals surface area (Å²) in [5.41, 5.74) is 2.04. The highest BCUT2D eigenvalue weighted by Gasteiger charge is 2.17. The van der Waals surface area contributed by atoms with Crippen LogP contribution in [0.5, 0.6) is 5.88 Å². The molecule has 0 saturated heterocycles. The van der Waals surface area contributed by atoms with Gasteiger partial charge in [0, 0.05) is 10.9 Å². The molecule has 0 atom stereocenters. The van der Waals surface area contributed by atoms with Gasteiger partial charge < -0.3 is 4.74 Å². The van der Waals surface area contributed by atoms with Gasteiger partial charge in [-0.05, 0) is 32.9 Å². The van der Waals surface area contributed by atoms with Crippen molar-refractivity contribution in [1.29, 1.82) is 0 Å². The van der Waals surface area contributed by atoms with Crippen molar-refractivity contribution >= 4 is 22.4 Å². The highest BCUT2D eigenvalue weighted by Crippen LogP contribution is 2.23. The number of hydrogen-bond donors (Lipinski definition) is 1. The second-order valence-corrected chi connectivity index (χ2v) is 6.37. The van der Waals surface area contributed by atoms with Crippen molar-refractivity contribution in [2.24, 2.45) is 0 Å². The summed E-state index contributed by atoms with van der Waals surface area (Å²) in [6, 6.07) is 11.2. The molecule has 1 aromatic carbocycles. The van der Waals surface area contributed by atoms with E-state index in [2.05, 4.69) is 15.4 Å². The van der Waals surface area contributed by atoms with Gasteiger partial charge in [0.1, 0.15) is 0 Å². The Balaban J connectivity index is 1.89. The lowest BCUT2D eigenvalue weighted by atomic mass is 10.3. The number of nitrogens with one attached hydrogen (secondary N) is 1. The van der Waals surface area contributed by atoms with Gasteiger partial charge in [0.05, 0.1) is 18.0 Å². The Morgan fingerprint density at radius 3 is 2.67 bits per heavy atom. The Morgan fingerprint density at radius 1 is 1.29 bits per heavy atom. The van der Waals surface area contributed by atoms with Crippen LogP contribution in [0.15, 0.2) is 36.4 Å². The number of aromatic nitrogens is 3. The van der Waals surface area contributed by atoms with Crippen molar-refractivity contribution in [3.8, 4) is 11.6 Å². The predicted molar refractivity (Wildman–Crippen MR) is 94.3 cm³/mol. The second kappa shape index (κ2) is 6.84. The number of para-hydroxylation sites is 1. The fraction of sp³-hybridized carbons (Fsp3) is 0.235. The van der Waals surface area contributed by atoms with Crippen LogP contribution in [-0.2, 0) is 0 Å². The monoisotopic (exact) mass is 342 g/mol. The number of carbonyl (C=O) groups excluding carboxylic acids is 1. The summed E-state index contributed by atoms with van der Waals surface area (Å²) in [6.07, 6.45) is 0. The van der Waals surface area contributed by atoms with Crippen LogP contribution in [0.25, 0.3) is 5.69 Å². The maximum Gasteiger partial charge on any atom is 0.278 e. The summed E-state index contributed by atoms with van der Waals surface area (Å²) < 4.78 is 7.22. The van der Waals surface area contributed by atoms with Crippen LogP contribution >= 0.6 is 11.3 Å². The van der Waals surface area contributed by atoms with Crippen LogP contribution in [0.3, 0.4) is 0 Å². The first kappa shape index (κ1) is 16.2. The number of benzene rings is 1. The Morgan fingerprint density at radius 2 is 2.04 bits per heavy atom. The first-order chi connectivity index (χ1) is 11.6. The quantitative estimate of drug-likeness (QED) is 0.769. The lowest BCUT2D eigenvalue weighted by Gasteiger charge is -2.06. The number of amides is 1. The molecule has 2 heterocycles. The molecular weight excluding hydrogens is 324 g/mol. The van der Waals surface area contributed by atoms with Crippen molar-refractivity contribution in [3.05, 3.63) is 52.7 Å². The molecule has 1 N–H and O–H groups in total. The van der Waals surface area contributed by atoms with E-state index < -0.39 is 0 Å². The zero-order chi connectivity index (χ0) is 17.1. The van der Waals surface area contributed by atoms with Crippen LogP contribution in [-0.4, -0.2) is 27.3 Å². The summed E-state index contributed by atoms with van der Waals surface area (Å²) in [4.78, 5) is 17.9. The van der Waals surface area contributed by atoms with Crippen molar-refractivity contribution in [2.75, 3.05) is 11.9 Å². The first-order valence-electron chi connectivity index (χ1n) is 7.62. The summed E-state index contributed by atoms with van der Waals surface area (Å²) in [5, 5.41) is 7.74. The van der Waals surface area contributed by atoms with Crippen LogP contribution in [0.4, 0.5) is 5.13 Å². The smallest absolute Gasteiger partial charge is 0.278 e. The Hall–Kier alpha value is -2.67. The third-order valence-corrected chi connectivity index (χ3v) is 4.44. The van der Waals surface area contributed by atoms with Gasteiger partial charge in [-0.25, -0.2) is 9.67 Å². The van der Waals surface area contributed by atoms with Crippen molar-refractivity contribution < 1.29 is 9.53 Å². The first-order valence-corrected chi connectivity index (χ1v) is 8.43. The average Bonchev–Trinajstić information content (AvgIpc) is 3.12. The Bertz CT molecular complexity index is 835. The van der Waals surface area contributed by atoms with Gasteiger partial charge in [-0.2, -0.15) is 5.10 Å². The number of carbonyl (C=O) groups is 1. The van der Waals surface area contributed by atoms with Gasteiger partial charge in [0.2, 0.25) is 5.88 Å². The molecular formula is C17H18N4O2S. The molecule has 7 heteroatoms. The van der Waals surface area contributed by atoms with Gasteiger partial charge in [0.15, 0.2) is 10.8 Å². The number of rotatable bonds is 5. The SMILES string of the molecule is CCOc1cc(C(=O)Nc2nc(C)c(C)s2)nn1-c1ccccc1. The zero-order valence-electron chi connectivity index (χ0n) is 13.7. The Labute approximate surface area is 144 Å². The molecule has 0 aliphatic rings. The molecule has 3 rings (SSSR count). The Kier molecular flexibility index (Phi) is 4.61. The maximum absolute atomic E-state index is 12.5. The molecule has 0 radical (unpaired) electrons. The van der Waals surface area contributed by atoms with E-state index in [1.165, 1.54) is 11.3 Å². The lowest BCUT2D eigenvalue weighted by Crippen LogP contribution is -2.13. The minimum atomic E-state index is -0.306. The van der Waals surface area contributed by atoms with E-state index in [0.717, 1.165) is 16.3 Å². The van der Waals surface area contributed by atoms with Gasteiger partial charge in [-0.15, -0.1) is 11.3 Å². The fourth-order valence-corrected chi connectivity index (χ4v) is 2.98. The van der Waals surface area contributed by atoms with E-state index >= 15 is 0 Å². The fourth-order valence-electron chi connectivity index (χ4n) is 2.17. The highest BCUT2D eigenvalue weighted by atomic mass is 32.1. The van der Waals surface area contributed by atoms with E-state index in [9.17, 15) is 4.79 Å². The highest BCUT2D eigenvalue weighted by molar-refractivity contribution is 7.15. The van der Waals surface area contributed by atoms with E-state index in [1.54, 1.807) is 10.7 Å². The maximum atomic E-state index is 12.5. The number of anilines is 1. The normalized spacial score (nSPS) is 10.6. The molecule has 3 aromatic rings. The number of ether oxygens (including phenoxy) is 1. The van der Waals surface area contributed by atoms with Crippen LogP contribution < -0.4 is 10.1 Å². The number of aryl methyl sites for hydroxylation is 2. The minimum absolute atomic E-state index is 0.285. The largest absolute Gasteiger partial charge is 0.478 e. The van der Waals surface area contributed by atoms with Crippen LogP contribution in [0, 0.1) is 13.8 Å². The van der Waals surface area contributed by atoms with Crippen LogP contribution in [0.1, 0.15) is 28.0 Å². The summed E-state index contributed by atoms with van der Waals surface area (Å²) >= 11 is 1.45. The molecule has 0 fully saturated rings. The van der Waals surface area contributed by atoms with Crippen LogP contribution in [0.2, 0.25) is 0 Å². The van der Waals surface area contributed by atoms with Crippen molar-refractivity contribution in [3.63, 3.8) is 0 Å². The molecule has 1 amide bonds. The number of thiazole rings is 1. The van der Waals surface area contributed by atoms with Gasteiger partial charge in [0.25, 0.3) is 5.91 Å². The molecule has 0 aliphatic carbocycles.